The molecule has 0 bridgehead atoms. The second-order valence-corrected chi connectivity index (χ2v) is 7.10. The first-order valence-electron chi connectivity index (χ1n) is 7.46. The van der Waals surface area contributed by atoms with E-state index < -0.39 is 10.1 Å². The molecule has 0 aliphatic heterocycles. The monoisotopic (exact) mass is 356 g/mol. The van der Waals surface area contributed by atoms with Crippen LogP contribution in [0, 0.1) is 6.92 Å². The lowest BCUT2D eigenvalue weighted by Gasteiger charge is -2.14. The molecule has 0 saturated carbocycles. The normalized spacial score (nSPS) is 11.4. The zero-order valence-electron chi connectivity index (χ0n) is 13.3. The van der Waals surface area contributed by atoms with Gasteiger partial charge >= 0.3 is 0 Å². The number of aryl methyl sites for hydroxylation is 1. The second-order valence-electron chi connectivity index (χ2n) is 5.74. The number of phenols is 2. The lowest BCUT2D eigenvalue weighted by atomic mass is 9.96. The molecule has 0 fully saturated rings. The number of phenolic OH excluding ortho intramolecular Hbond substituents is 2. The van der Waals surface area contributed by atoms with E-state index in [1.807, 2.05) is 0 Å². The Morgan fingerprint density at radius 1 is 0.720 bits per heavy atom. The van der Waals surface area contributed by atoms with Gasteiger partial charge in [0.15, 0.2) is 0 Å². The third-order valence-electron chi connectivity index (χ3n) is 3.91. The molecule has 0 atom stereocenters. The van der Waals surface area contributed by atoms with Gasteiger partial charge in [0, 0.05) is 5.56 Å². The molecule has 3 N–H and O–H groups in total. The number of aromatic hydroxyl groups is 2. The summed E-state index contributed by atoms with van der Waals surface area (Å²) in [5.41, 5.74) is 2.83. The molecule has 0 heterocycles. The molecule has 0 aliphatic carbocycles. The highest BCUT2D eigenvalue weighted by molar-refractivity contribution is 7.86. The van der Waals surface area contributed by atoms with Gasteiger partial charge < -0.3 is 10.2 Å². The SMILES string of the molecule is Cc1cc(-c2ccc(O)cc2)cc(-c2ccc(O)cc2)c1S(=O)(=O)O. The molecule has 3 aromatic rings. The molecule has 0 radical (unpaired) electrons. The van der Waals surface area contributed by atoms with E-state index in [0.717, 1.165) is 11.1 Å². The summed E-state index contributed by atoms with van der Waals surface area (Å²) in [5, 5.41) is 18.9. The summed E-state index contributed by atoms with van der Waals surface area (Å²) in [5.74, 6) is 0.192. The fourth-order valence-corrected chi connectivity index (χ4v) is 3.71. The minimum atomic E-state index is -4.43. The standard InChI is InChI=1S/C19H16O5S/c1-12-10-15(13-2-6-16(20)7-3-13)11-18(19(12)25(22,23)24)14-4-8-17(21)9-5-14/h2-11,20-21H,1H3,(H,22,23,24). The van der Waals surface area contributed by atoms with Crippen molar-refractivity contribution in [1.29, 1.82) is 0 Å². The first-order valence-corrected chi connectivity index (χ1v) is 8.90. The van der Waals surface area contributed by atoms with Crippen molar-refractivity contribution in [2.24, 2.45) is 0 Å². The first kappa shape index (κ1) is 17.0. The maximum absolute atomic E-state index is 11.9. The molecule has 5 nitrogen and oxygen atoms in total. The predicted molar refractivity (Wildman–Crippen MR) is 95.2 cm³/mol. The van der Waals surface area contributed by atoms with Crippen LogP contribution >= 0.6 is 0 Å². The Morgan fingerprint density at radius 2 is 1.20 bits per heavy atom. The second kappa shape index (κ2) is 6.23. The fourth-order valence-electron chi connectivity index (χ4n) is 2.79. The van der Waals surface area contributed by atoms with Crippen molar-refractivity contribution in [3.63, 3.8) is 0 Å². The van der Waals surface area contributed by atoms with Crippen LogP contribution in [-0.2, 0) is 10.1 Å². The lowest BCUT2D eigenvalue weighted by Crippen LogP contribution is -2.04. The van der Waals surface area contributed by atoms with Crippen LogP contribution < -0.4 is 0 Å². The number of benzene rings is 3. The molecule has 0 aliphatic rings. The molecule has 3 aromatic carbocycles. The quantitative estimate of drug-likeness (QED) is 0.617. The minimum Gasteiger partial charge on any atom is -0.508 e. The predicted octanol–water partition coefficient (Wildman–Crippen LogP) is 3.99. The van der Waals surface area contributed by atoms with Crippen molar-refractivity contribution in [3.8, 4) is 33.8 Å². The third-order valence-corrected chi connectivity index (χ3v) is 4.97. The van der Waals surface area contributed by atoms with Crippen LogP contribution in [0.1, 0.15) is 5.56 Å². The van der Waals surface area contributed by atoms with E-state index in [0.29, 0.717) is 16.7 Å². The van der Waals surface area contributed by atoms with Crippen LogP contribution in [0.15, 0.2) is 65.6 Å². The largest absolute Gasteiger partial charge is 0.508 e. The van der Waals surface area contributed by atoms with E-state index in [-0.39, 0.29) is 16.4 Å². The van der Waals surface area contributed by atoms with Crippen LogP contribution in [-0.4, -0.2) is 23.2 Å². The van der Waals surface area contributed by atoms with Crippen LogP contribution in [0.5, 0.6) is 11.5 Å². The zero-order valence-corrected chi connectivity index (χ0v) is 14.2. The summed E-state index contributed by atoms with van der Waals surface area (Å²) >= 11 is 0. The van der Waals surface area contributed by atoms with Crippen LogP contribution in [0.25, 0.3) is 22.3 Å². The average molecular weight is 356 g/mol. The van der Waals surface area contributed by atoms with Crippen molar-refractivity contribution >= 4 is 10.1 Å². The number of rotatable bonds is 3. The van der Waals surface area contributed by atoms with E-state index in [1.54, 1.807) is 55.5 Å². The maximum atomic E-state index is 11.9. The summed E-state index contributed by atoms with van der Waals surface area (Å²) in [6.45, 7) is 1.61. The Hall–Kier alpha value is -2.83. The molecule has 0 unspecified atom stereocenters. The topological polar surface area (TPSA) is 94.8 Å². The third kappa shape index (κ3) is 3.50. The highest BCUT2D eigenvalue weighted by Gasteiger charge is 2.21. The van der Waals surface area contributed by atoms with Gasteiger partial charge in [-0.15, -0.1) is 0 Å². The van der Waals surface area contributed by atoms with Crippen molar-refractivity contribution in [2.75, 3.05) is 0 Å². The van der Waals surface area contributed by atoms with Crippen LogP contribution in [0.2, 0.25) is 0 Å². The Kier molecular flexibility index (Phi) is 4.24. The van der Waals surface area contributed by atoms with E-state index in [2.05, 4.69) is 0 Å². The summed E-state index contributed by atoms with van der Waals surface area (Å²) < 4.78 is 33.4. The highest BCUT2D eigenvalue weighted by Crippen LogP contribution is 2.35. The van der Waals surface area contributed by atoms with Crippen molar-refractivity contribution < 1.29 is 23.2 Å². The van der Waals surface area contributed by atoms with E-state index >= 15 is 0 Å². The van der Waals surface area contributed by atoms with Crippen LogP contribution in [0.3, 0.4) is 0 Å². The molecule has 0 aromatic heterocycles. The number of hydrogen-bond acceptors (Lipinski definition) is 4. The molecule has 3 rings (SSSR count). The fraction of sp³-hybridized carbons (Fsp3) is 0.0526. The van der Waals surface area contributed by atoms with Gasteiger partial charge in [-0.3, -0.25) is 4.55 Å². The Bertz CT molecular complexity index is 1020. The Balaban J connectivity index is 2.29. The van der Waals surface area contributed by atoms with Crippen molar-refractivity contribution in [3.05, 3.63) is 66.2 Å². The summed E-state index contributed by atoms with van der Waals surface area (Å²) in [6.07, 6.45) is 0. The lowest BCUT2D eigenvalue weighted by molar-refractivity contribution is 0.475. The molecule has 0 saturated heterocycles. The molecule has 25 heavy (non-hydrogen) atoms. The van der Waals surface area contributed by atoms with Gasteiger partial charge in [0.25, 0.3) is 10.1 Å². The van der Waals surface area contributed by atoms with E-state index in [9.17, 15) is 23.2 Å². The highest BCUT2D eigenvalue weighted by atomic mass is 32.2. The Morgan fingerprint density at radius 3 is 1.68 bits per heavy atom. The maximum Gasteiger partial charge on any atom is 0.295 e. The van der Waals surface area contributed by atoms with Gasteiger partial charge in [0.1, 0.15) is 16.4 Å². The van der Waals surface area contributed by atoms with Gasteiger partial charge in [-0.05, 0) is 59.5 Å². The zero-order chi connectivity index (χ0) is 18.2. The van der Waals surface area contributed by atoms with E-state index in [4.69, 9.17) is 0 Å². The molecule has 6 heteroatoms. The van der Waals surface area contributed by atoms with Crippen LogP contribution in [0.4, 0.5) is 0 Å². The molecule has 0 spiro atoms. The van der Waals surface area contributed by atoms with Gasteiger partial charge in [0.2, 0.25) is 0 Å². The van der Waals surface area contributed by atoms with Gasteiger partial charge in [-0.25, -0.2) is 0 Å². The summed E-state index contributed by atoms with van der Waals surface area (Å²) in [6, 6.07) is 15.9. The smallest absolute Gasteiger partial charge is 0.295 e. The van der Waals surface area contributed by atoms with Crippen molar-refractivity contribution in [2.45, 2.75) is 11.8 Å². The number of hydrogen-bond donors (Lipinski definition) is 3. The molecular formula is C19H16O5S. The summed E-state index contributed by atoms with van der Waals surface area (Å²) in [4.78, 5) is -0.166. The molecular weight excluding hydrogens is 340 g/mol. The summed E-state index contributed by atoms with van der Waals surface area (Å²) in [7, 11) is -4.43. The van der Waals surface area contributed by atoms with Gasteiger partial charge in [-0.1, -0.05) is 30.3 Å². The van der Waals surface area contributed by atoms with E-state index in [1.165, 1.54) is 12.1 Å². The molecule has 128 valence electrons. The first-order chi connectivity index (χ1) is 11.8. The molecule has 0 amide bonds. The average Bonchev–Trinajstić information content (AvgIpc) is 2.54. The van der Waals surface area contributed by atoms with Gasteiger partial charge in [0.05, 0.1) is 0 Å². The van der Waals surface area contributed by atoms with Crippen molar-refractivity contribution in [1.82, 2.24) is 0 Å². The Labute approximate surface area is 145 Å². The van der Waals surface area contributed by atoms with Gasteiger partial charge in [-0.2, -0.15) is 8.42 Å². The minimum absolute atomic E-state index is 0.0589.